The standard InChI is InChI=1S/C12H24N4O/c1-14-8-10-16(11-9-14)12(17)2-5-15-6-3-13-4-7-15/h13H,2-11H2,1H3. The third kappa shape index (κ3) is 3.94. The first-order chi connectivity index (χ1) is 8.25. The van der Waals surface area contributed by atoms with Gasteiger partial charge in [-0.25, -0.2) is 0 Å². The Morgan fingerprint density at radius 2 is 1.71 bits per heavy atom. The Morgan fingerprint density at radius 3 is 2.35 bits per heavy atom. The Balaban J connectivity index is 1.66. The predicted octanol–water partition coefficient (Wildman–Crippen LogP) is -0.944. The van der Waals surface area contributed by atoms with Crippen LogP contribution >= 0.6 is 0 Å². The summed E-state index contributed by atoms with van der Waals surface area (Å²) in [6.45, 7) is 9.02. The van der Waals surface area contributed by atoms with Crippen LogP contribution in [0.4, 0.5) is 0 Å². The highest BCUT2D eigenvalue weighted by Gasteiger charge is 2.19. The van der Waals surface area contributed by atoms with Crippen molar-refractivity contribution in [2.75, 3.05) is 66.0 Å². The summed E-state index contributed by atoms with van der Waals surface area (Å²) in [5.41, 5.74) is 0. The smallest absolute Gasteiger partial charge is 0.223 e. The predicted molar refractivity (Wildman–Crippen MR) is 68.0 cm³/mol. The van der Waals surface area contributed by atoms with Crippen LogP contribution in [0.2, 0.25) is 0 Å². The lowest BCUT2D eigenvalue weighted by atomic mass is 10.2. The second-order valence-electron chi connectivity index (χ2n) is 5.03. The van der Waals surface area contributed by atoms with Gasteiger partial charge < -0.3 is 20.0 Å². The van der Waals surface area contributed by atoms with Gasteiger partial charge in [0.05, 0.1) is 0 Å². The highest BCUT2D eigenvalue weighted by Crippen LogP contribution is 2.03. The highest BCUT2D eigenvalue weighted by molar-refractivity contribution is 5.76. The quantitative estimate of drug-likeness (QED) is 0.691. The van der Waals surface area contributed by atoms with Crippen molar-refractivity contribution >= 4 is 5.91 Å². The van der Waals surface area contributed by atoms with Gasteiger partial charge in [-0.1, -0.05) is 0 Å². The number of hydrogen-bond acceptors (Lipinski definition) is 4. The van der Waals surface area contributed by atoms with Gasteiger partial charge in [-0.15, -0.1) is 0 Å². The first-order valence-corrected chi connectivity index (χ1v) is 6.65. The van der Waals surface area contributed by atoms with Gasteiger partial charge in [0.25, 0.3) is 0 Å². The zero-order chi connectivity index (χ0) is 12.1. The topological polar surface area (TPSA) is 38.8 Å². The molecule has 5 nitrogen and oxygen atoms in total. The summed E-state index contributed by atoms with van der Waals surface area (Å²) in [7, 11) is 2.11. The molecule has 17 heavy (non-hydrogen) atoms. The summed E-state index contributed by atoms with van der Waals surface area (Å²) < 4.78 is 0. The van der Waals surface area contributed by atoms with Crippen molar-refractivity contribution in [2.24, 2.45) is 0 Å². The molecule has 0 spiro atoms. The summed E-state index contributed by atoms with van der Waals surface area (Å²) in [5, 5.41) is 3.33. The Labute approximate surface area is 104 Å². The molecule has 0 aliphatic carbocycles. The van der Waals surface area contributed by atoms with Gasteiger partial charge in [-0.2, -0.15) is 0 Å². The number of nitrogens with zero attached hydrogens (tertiary/aromatic N) is 3. The maximum absolute atomic E-state index is 12.0. The van der Waals surface area contributed by atoms with E-state index in [9.17, 15) is 4.79 Å². The number of nitrogens with one attached hydrogen (secondary N) is 1. The SMILES string of the molecule is CN1CCN(C(=O)CCN2CCNCC2)CC1. The number of likely N-dealkylation sites (N-methyl/N-ethyl adjacent to an activating group) is 1. The Bertz CT molecular complexity index is 245. The van der Waals surface area contributed by atoms with Gasteiger partial charge in [-0.3, -0.25) is 4.79 Å². The van der Waals surface area contributed by atoms with Gasteiger partial charge in [-0.05, 0) is 7.05 Å². The molecule has 1 N–H and O–H groups in total. The lowest BCUT2D eigenvalue weighted by Crippen LogP contribution is -2.48. The van der Waals surface area contributed by atoms with Crippen LogP contribution in [-0.2, 0) is 4.79 Å². The average Bonchev–Trinajstić information content (AvgIpc) is 2.38. The molecule has 0 atom stereocenters. The summed E-state index contributed by atoms with van der Waals surface area (Å²) in [6, 6.07) is 0. The van der Waals surface area contributed by atoms with E-state index in [-0.39, 0.29) is 0 Å². The number of amides is 1. The van der Waals surface area contributed by atoms with Crippen molar-refractivity contribution in [3.63, 3.8) is 0 Å². The molecule has 0 unspecified atom stereocenters. The lowest BCUT2D eigenvalue weighted by molar-refractivity contribution is -0.133. The molecule has 0 aromatic carbocycles. The maximum Gasteiger partial charge on any atom is 0.223 e. The van der Waals surface area contributed by atoms with Crippen molar-refractivity contribution in [1.29, 1.82) is 0 Å². The molecule has 0 bridgehead atoms. The molecule has 2 fully saturated rings. The molecule has 2 saturated heterocycles. The Hall–Kier alpha value is -0.650. The molecular formula is C12H24N4O. The van der Waals surface area contributed by atoms with Crippen molar-refractivity contribution in [1.82, 2.24) is 20.0 Å². The van der Waals surface area contributed by atoms with Crippen molar-refractivity contribution in [3.05, 3.63) is 0 Å². The van der Waals surface area contributed by atoms with Gasteiger partial charge in [0.2, 0.25) is 5.91 Å². The number of rotatable bonds is 3. The zero-order valence-electron chi connectivity index (χ0n) is 10.8. The van der Waals surface area contributed by atoms with E-state index >= 15 is 0 Å². The minimum atomic E-state index is 0.330. The van der Waals surface area contributed by atoms with Crippen LogP contribution in [0.25, 0.3) is 0 Å². The minimum absolute atomic E-state index is 0.330. The fourth-order valence-electron chi connectivity index (χ4n) is 2.40. The van der Waals surface area contributed by atoms with Crippen LogP contribution in [0, 0.1) is 0 Å². The van der Waals surface area contributed by atoms with Gasteiger partial charge in [0.15, 0.2) is 0 Å². The second-order valence-corrected chi connectivity index (χ2v) is 5.03. The van der Waals surface area contributed by atoms with Gasteiger partial charge in [0, 0.05) is 65.3 Å². The van der Waals surface area contributed by atoms with E-state index in [4.69, 9.17) is 0 Å². The van der Waals surface area contributed by atoms with Crippen LogP contribution < -0.4 is 5.32 Å². The number of carbonyl (C=O) groups excluding carboxylic acids is 1. The lowest BCUT2D eigenvalue weighted by Gasteiger charge is -2.33. The molecule has 1 amide bonds. The largest absolute Gasteiger partial charge is 0.340 e. The summed E-state index contributed by atoms with van der Waals surface area (Å²) in [4.78, 5) is 18.7. The van der Waals surface area contributed by atoms with E-state index in [0.29, 0.717) is 12.3 Å². The Morgan fingerprint density at radius 1 is 1.06 bits per heavy atom. The second kappa shape index (κ2) is 6.33. The average molecular weight is 240 g/mol. The summed E-state index contributed by atoms with van der Waals surface area (Å²) in [6.07, 6.45) is 0.684. The van der Waals surface area contributed by atoms with E-state index in [2.05, 4.69) is 22.2 Å². The van der Waals surface area contributed by atoms with Crippen LogP contribution in [0.15, 0.2) is 0 Å². The first-order valence-electron chi connectivity index (χ1n) is 6.65. The normalized spacial score (nSPS) is 23.9. The van der Waals surface area contributed by atoms with E-state index in [1.54, 1.807) is 0 Å². The molecule has 2 aliphatic rings. The zero-order valence-corrected chi connectivity index (χ0v) is 10.8. The van der Waals surface area contributed by atoms with Gasteiger partial charge in [0.1, 0.15) is 0 Å². The van der Waals surface area contributed by atoms with Crippen LogP contribution in [0.1, 0.15) is 6.42 Å². The molecule has 2 rings (SSSR count). The van der Waals surface area contributed by atoms with Crippen LogP contribution in [0.5, 0.6) is 0 Å². The fourth-order valence-corrected chi connectivity index (χ4v) is 2.40. The number of piperazine rings is 2. The van der Waals surface area contributed by atoms with Crippen LogP contribution in [0.3, 0.4) is 0 Å². The molecular weight excluding hydrogens is 216 g/mol. The molecule has 0 saturated carbocycles. The minimum Gasteiger partial charge on any atom is -0.340 e. The Kier molecular flexibility index (Phi) is 4.76. The fraction of sp³-hybridized carbons (Fsp3) is 0.917. The van der Waals surface area contributed by atoms with E-state index in [1.165, 1.54) is 0 Å². The number of carbonyl (C=O) groups is 1. The molecule has 0 aromatic rings. The van der Waals surface area contributed by atoms with E-state index < -0.39 is 0 Å². The van der Waals surface area contributed by atoms with Crippen molar-refractivity contribution in [2.45, 2.75) is 6.42 Å². The van der Waals surface area contributed by atoms with Crippen molar-refractivity contribution < 1.29 is 4.79 Å². The highest BCUT2D eigenvalue weighted by atomic mass is 16.2. The third-order valence-electron chi connectivity index (χ3n) is 3.71. The molecule has 0 radical (unpaired) electrons. The van der Waals surface area contributed by atoms with E-state index in [1.807, 2.05) is 4.90 Å². The van der Waals surface area contributed by atoms with Gasteiger partial charge >= 0.3 is 0 Å². The van der Waals surface area contributed by atoms with Crippen LogP contribution in [-0.4, -0.2) is 86.6 Å². The monoisotopic (exact) mass is 240 g/mol. The third-order valence-corrected chi connectivity index (χ3v) is 3.71. The molecule has 2 aliphatic heterocycles. The molecule has 0 aromatic heterocycles. The number of hydrogen-bond donors (Lipinski definition) is 1. The summed E-state index contributed by atoms with van der Waals surface area (Å²) >= 11 is 0. The first kappa shape index (κ1) is 12.8. The molecule has 5 heteroatoms. The van der Waals surface area contributed by atoms with E-state index in [0.717, 1.165) is 58.9 Å². The summed E-state index contributed by atoms with van der Waals surface area (Å²) in [5.74, 6) is 0.330. The maximum atomic E-state index is 12.0. The molecule has 98 valence electrons. The molecule has 2 heterocycles. The van der Waals surface area contributed by atoms with Crippen molar-refractivity contribution in [3.8, 4) is 0 Å².